The van der Waals surface area contributed by atoms with Gasteiger partial charge in [0.25, 0.3) is 0 Å². The molecule has 1 aromatic heterocycles. The molecule has 0 aromatic carbocycles. The fourth-order valence-corrected chi connectivity index (χ4v) is 1.21. The molecule has 15 heavy (non-hydrogen) atoms. The van der Waals surface area contributed by atoms with E-state index >= 15 is 0 Å². The minimum atomic E-state index is -0.691. The zero-order valence-electron chi connectivity index (χ0n) is 9.78. The van der Waals surface area contributed by atoms with Gasteiger partial charge in [0.2, 0.25) is 5.89 Å². The third kappa shape index (κ3) is 2.76. The van der Waals surface area contributed by atoms with E-state index in [0.29, 0.717) is 18.3 Å². The average Bonchev–Trinajstić information content (AvgIpc) is 2.66. The normalized spacial score (nSPS) is 17.4. The van der Waals surface area contributed by atoms with Gasteiger partial charge in [-0.1, -0.05) is 19.0 Å². The maximum absolute atomic E-state index is 5.99. The monoisotopic (exact) mass is 213 g/mol. The maximum atomic E-state index is 5.99. The van der Waals surface area contributed by atoms with E-state index in [-0.39, 0.29) is 5.92 Å². The molecule has 5 heteroatoms. The van der Waals surface area contributed by atoms with Crippen LogP contribution in [0.5, 0.6) is 0 Å². The summed E-state index contributed by atoms with van der Waals surface area (Å²) in [5.74, 6) is 1.41. The Kier molecular flexibility index (Phi) is 3.82. The second kappa shape index (κ2) is 4.72. The first kappa shape index (κ1) is 12.1. The first-order valence-corrected chi connectivity index (χ1v) is 5.13. The molecule has 2 unspecified atom stereocenters. The molecule has 0 aliphatic rings. The topological polar surface area (TPSA) is 74.2 Å². The molecule has 5 nitrogen and oxygen atoms in total. The molecule has 2 N–H and O–H groups in total. The summed E-state index contributed by atoms with van der Waals surface area (Å²) in [6, 6.07) is 0. The quantitative estimate of drug-likeness (QED) is 0.800. The summed E-state index contributed by atoms with van der Waals surface area (Å²) in [4.78, 5) is 4.29. The number of nitrogens with two attached hydrogens (primary N) is 1. The maximum Gasteiger partial charge on any atom is 0.229 e. The summed E-state index contributed by atoms with van der Waals surface area (Å²) >= 11 is 0. The van der Waals surface area contributed by atoms with Gasteiger partial charge >= 0.3 is 0 Å². The predicted octanol–water partition coefficient (Wildman–Crippen LogP) is 1.40. The molecule has 1 rings (SSSR count). The van der Waals surface area contributed by atoms with Gasteiger partial charge in [-0.2, -0.15) is 4.98 Å². The number of aromatic nitrogens is 2. The van der Waals surface area contributed by atoms with Crippen molar-refractivity contribution < 1.29 is 9.26 Å². The zero-order valence-corrected chi connectivity index (χ0v) is 9.78. The van der Waals surface area contributed by atoms with Crippen LogP contribution in [0.3, 0.4) is 0 Å². The second-order valence-electron chi connectivity index (χ2n) is 4.12. The third-order valence-electron chi connectivity index (χ3n) is 2.43. The highest BCUT2D eigenvalue weighted by Crippen LogP contribution is 2.20. The van der Waals surface area contributed by atoms with E-state index in [1.165, 1.54) is 0 Å². The van der Waals surface area contributed by atoms with Crippen molar-refractivity contribution in [2.45, 2.75) is 38.6 Å². The van der Waals surface area contributed by atoms with Crippen LogP contribution in [-0.2, 0) is 10.3 Å². The van der Waals surface area contributed by atoms with Crippen LogP contribution in [-0.4, -0.2) is 23.9 Å². The molecule has 1 heterocycles. The van der Waals surface area contributed by atoms with Gasteiger partial charge in [0.05, 0.1) is 6.61 Å². The number of rotatable bonds is 5. The van der Waals surface area contributed by atoms with Crippen LogP contribution in [0, 0.1) is 0 Å². The number of hydrogen-bond donors (Lipinski definition) is 1. The molecule has 0 aliphatic heterocycles. The predicted molar refractivity (Wildman–Crippen MR) is 56.4 cm³/mol. The fourth-order valence-electron chi connectivity index (χ4n) is 1.21. The Morgan fingerprint density at radius 3 is 2.80 bits per heavy atom. The fraction of sp³-hybridized carbons (Fsp3) is 0.800. The summed E-state index contributed by atoms with van der Waals surface area (Å²) < 4.78 is 10.2. The Bertz CT molecular complexity index is 309. The summed E-state index contributed by atoms with van der Waals surface area (Å²) in [5.41, 5.74) is 5.30. The lowest BCUT2D eigenvalue weighted by Crippen LogP contribution is -2.39. The van der Waals surface area contributed by atoms with E-state index in [1.54, 1.807) is 7.11 Å². The van der Waals surface area contributed by atoms with E-state index < -0.39 is 5.54 Å². The van der Waals surface area contributed by atoms with Crippen molar-refractivity contribution in [1.29, 1.82) is 0 Å². The lowest BCUT2D eigenvalue weighted by molar-refractivity contribution is 0.135. The molecule has 0 bridgehead atoms. The number of ether oxygens (including phenoxy) is 1. The molecule has 1 aromatic rings. The Morgan fingerprint density at radius 1 is 1.60 bits per heavy atom. The molecule has 0 fully saturated rings. The summed E-state index contributed by atoms with van der Waals surface area (Å²) in [5, 5.41) is 3.88. The van der Waals surface area contributed by atoms with E-state index in [2.05, 4.69) is 17.1 Å². The molecule has 0 radical (unpaired) electrons. The van der Waals surface area contributed by atoms with Crippen molar-refractivity contribution in [1.82, 2.24) is 10.1 Å². The van der Waals surface area contributed by atoms with Crippen LogP contribution in [0.25, 0.3) is 0 Å². The molecule has 2 atom stereocenters. The van der Waals surface area contributed by atoms with Crippen LogP contribution < -0.4 is 5.73 Å². The van der Waals surface area contributed by atoms with Gasteiger partial charge in [-0.3, -0.25) is 0 Å². The third-order valence-corrected chi connectivity index (χ3v) is 2.43. The van der Waals surface area contributed by atoms with Crippen molar-refractivity contribution in [2.75, 3.05) is 13.7 Å². The molecule has 0 saturated carbocycles. The standard InChI is InChI=1S/C10H19N3O2/c1-5-7(2)8-12-9(13-15-8)10(3,11)6-14-4/h7H,5-6,11H2,1-4H3. The lowest BCUT2D eigenvalue weighted by atomic mass is 10.0. The van der Waals surface area contributed by atoms with Gasteiger partial charge in [0.1, 0.15) is 5.54 Å². The Hall–Kier alpha value is -0.940. The highest BCUT2D eigenvalue weighted by molar-refractivity contribution is 5.03. The molecular formula is C10H19N3O2. The first-order chi connectivity index (χ1) is 7.01. The van der Waals surface area contributed by atoms with Crippen LogP contribution in [0.1, 0.15) is 44.8 Å². The van der Waals surface area contributed by atoms with Gasteiger partial charge in [-0.25, -0.2) is 0 Å². The van der Waals surface area contributed by atoms with Gasteiger partial charge in [-0.05, 0) is 13.3 Å². The number of methoxy groups -OCH3 is 1. The molecular weight excluding hydrogens is 194 g/mol. The Labute approximate surface area is 90.0 Å². The van der Waals surface area contributed by atoms with Crippen LogP contribution in [0.2, 0.25) is 0 Å². The summed E-state index contributed by atoms with van der Waals surface area (Å²) in [6.07, 6.45) is 0.965. The van der Waals surface area contributed by atoms with Gasteiger partial charge in [0.15, 0.2) is 5.82 Å². The Balaban J connectivity index is 2.83. The van der Waals surface area contributed by atoms with Crippen LogP contribution in [0.15, 0.2) is 4.52 Å². The molecule has 86 valence electrons. The SMILES string of the molecule is CCC(C)c1nc(C(C)(N)COC)no1. The summed E-state index contributed by atoms with van der Waals surface area (Å²) in [7, 11) is 1.60. The van der Waals surface area contributed by atoms with Gasteiger partial charge in [-0.15, -0.1) is 0 Å². The van der Waals surface area contributed by atoms with Crippen molar-refractivity contribution in [3.63, 3.8) is 0 Å². The summed E-state index contributed by atoms with van der Waals surface area (Å²) in [6.45, 7) is 6.31. The van der Waals surface area contributed by atoms with E-state index in [0.717, 1.165) is 6.42 Å². The lowest BCUT2D eigenvalue weighted by Gasteiger charge is -2.18. The minimum absolute atomic E-state index is 0.268. The molecule has 0 amide bonds. The van der Waals surface area contributed by atoms with Crippen LogP contribution >= 0.6 is 0 Å². The van der Waals surface area contributed by atoms with E-state index in [9.17, 15) is 0 Å². The highest BCUT2D eigenvalue weighted by atomic mass is 16.5. The molecule has 0 saturated heterocycles. The first-order valence-electron chi connectivity index (χ1n) is 5.13. The van der Waals surface area contributed by atoms with Crippen molar-refractivity contribution in [3.05, 3.63) is 11.7 Å². The van der Waals surface area contributed by atoms with Crippen molar-refractivity contribution in [2.24, 2.45) is 5.73 Å². The van der Waals surface area contributed by atoms with E-state index in [4.69, 9.17) is 15.0 Å². The molecule has 0 spiro atoms. The highest BCUT2D eigenvalue weighted by Gasteiger charge is 2.28. The largest absolute Gasteiger partial charge is 0.382 e. The van der Waals surface area contributed by atoms with Gasteiger partial charge < -0.3 is 15.0 Å². The Morgan fingerprint density at radius 2 is 2.27 bits per heavy atom. The molecule has 0 aliphatic carbocycles. The number of nitrogens with zero attached hydrogens (tertiary/aromatic N) is 2. The van der Waals surface area contributed by atoms with Crippen molar-refractivity contribution >= 4 is 0 Å². The number of hydrogen-bond acceptors (Lipinski definition) is 5. The van der Waals surface area contributed by atoms with Crippen LogP contribution in [0.4, 0.5) is 0 Å². The van der Waals surface area contributed by atoms with Crippen molar-refractivity contribution in [3.8, 4) is 0 Å². The van der Waals surface area contributed by atoms with E-state index in [1.807, 2.05) is 13.8 Å². The minimum Gasteiger partial charge on any atom is -0.382 e. The van der Waals surface area contributed by atoms with Gasteiger partial charge in [0, 0.05) is 13.0 Å². The smallest absolute Gasteiger partial charge is 0.229 e. The second-order valence-corrected chi connectivity index (χ2v) is 4.12. The zero-order chi connectivity index (χ0) is 11.5. The average molecular weight is 213 g/mol.